The number of hydrogen-bond acceptors (Lipinski definition) is 6. The fourth-order valence-corrected chi connectivity index (χ4v) is 5.71. The lowest BCUT2D eigenvalue weighted by Gasteiger charge is -2.35. The van der Waals surface area contributed by atoms with Gasteiger partial charge in [0.05, 0.1) is 40.5 Å². The van der Waals surface area contributed by atoms with Crippen LogP contribution in [-0.2, 0) is 20.3 Å². The van der Waals surface area contributed by atoms with Crippen LogP contribution >= 0.6 is 11.6 Å². The predicted octanol–water partition coefficient (Wildman–Crippen LogP) is 5.35. The van der Waals surface area contributed by atoms with Crippen molar-refractivity contribution in [1.29, 1.82) is 0 Å². The van der Waals surface area contributed by atoms with Crippen molar-refractivity contribution in [2.24, 2.45) is 0 Å². The van der Waals surface area contributed by atoms with E-state index in [-0.39, 0.29) is 18.1 Å². The zero-order valence-corrected chi connectivity index (χ0v) is 23.3. The Labute approximate surface area is 230 Å². The van der Waals surface area contributed by atoms with E-state index in [0.29, 0.717) is 46.9 Å². The Hall–Kier alpha value is -3.01. The van der Waals surface area contributed by atoms with Gasteiger partial charge in [0, 0.05) is 39.8 Å². The molecule has 200 valence electrons. The molecule has 10 heteroatoms. The van der Waals surface area contributed by atoms with Gasteiger partial charge in [0.1, 0.15) is 5.82 Å². The van der Waals surface area contributed by atoms with Crippen LogP contribution < -0.4 is 15.5 Å². The van der Waals surface area contributed by atoms with Crippen molar-refractivity contribution in [3.63, 3.8) is 0 Å². The first-order valence-corrected chi connectivity index (χ1v) is 14.3. The highest BCUT2D eigenvalue weighted by Crippen LogP contribution is 2.34. The van der Waals surface area contributed by atoms with Gasteiger partial charge in [0.25, 0.3) is 0 Å². The number of nitrogens with zero attached hydrogens (tertiary/aromatic N) is 3. The summed E-state index contributed by atoms with van der Waals surface area (Å²) in [5.74, 6) is 1.30. The first-order valence-electron chi connectivity index (χ1n) is 12.8. The number of ether oxygens (including phenoxy) is 1. The van der Waals surface area contributed by atoms with Crippen molar-refractivity contribution in [1.82, 2.24) is 15.3 Å². The normalized spacial score (nSPS) is 18.6. The molecule has 1 unspecified atom stereocenters. The molecule has 0 spiro atoms. The van der Waals surface area contributed by atoms with Gasteiger partial charge in [-0.05, 0) is 82.1 Å². The van der Waals surface area contributed by atoms with Crippen molar-refractivity contribution < 1.29 is 13.7 Å². The Bertz CT molecular complexity index is 1330. The van der Waals surface area contributed by atoms with Crippen molar-refractivity contribution in [3.8, 4) is 11.4 Å². The molecule has 38 heavy (non-hydrogen) atoms. The van der Waals surface area contributed by atoms with Crippen molar-refractivity contribution in [3.05, 3.63) is 65.3 Å². The molecule has 1 aliphatic heterocycles. The van der Waals surface area contributed by atoms with Crippen LogP contribution in [-0.4, -0.2) is 52.1 Å². The number of halogens is 1. The summed E-state index contributed by atoms with van der Waals surface area (Å²) in [7, 11) is -1.40. The van der Waals surface area contributed by atoms with E-state index in [1.807, 2.05) is 44.2 Å². The lowest BCUT2D eigenvalue weighted by atomic mass is 10.1. The van der Waals surface area contributed by atoms with Gasteiger partial charge in [-0.15, -0.1) is 0 Å². The highest BCUT2D eigenvalue weighted by Gasteiger charge is 2.33. The smallest absolute Gasteiger partial charge is 0.319 e. The van der Waals surface area contributed by atoms with Gasteiger partial charge >= 0.3 is 6.03 Å². The number of hydrogen-bond donors (Lipinski definition) is 2. The lowest BCUT2D eigenvalue weighted by molar-refractivity contribution is 0.0985. The van der Waals surface area contributed by atoms with Crippen LogP contribution in [0, 0.1) is 0 Å². The molecule has 2 amide bonds. The van der Waals surface area contributed by atoms with Crippen molar-refractivity contribution in [2.45, 2.75) is 55.3 Å². The van der Waals surface area contributed by atoms with E-state index in [0.717, 1.165) is 24.2 Å². The van der Waals surface area contributed by atoms with Crippen molar-refractivity contribution >= 4 is 39.9 Å². The average Bonchev–Trinajstić information content (AvgIpc) is 3.73. The summed E-state index contributed by atoms with van der Waals surface area (Å²) in [5, 5.41) is 6.39. The Morgan fingerprint density at radius 2 is 1.82 bits per heavy atom. The summed E-state index contributed by atoms with van der Waals surface area (Å²) in [6, 6.07) is 16.7. The van der Waals surface area contributed by atoms with Crippen LogP contribution in [0.3, 0.4) is 0 Å². The zero-order chi connectivity index (χ0) is 26.9. The SMILES string of the molecule is C[C@H]1COCCN1c1cc(C(C)(C)S(=O)c2ccc(Cl)cc2)nc(-c2ccc(NC(=O)NC3CC3)cc2)n1. The monoisotopic (exact) mass is 553 g/mol. The highest BCUT2D eigenvalue weighted by molar-refractivity contribution is 7.86. The van der Waals surface area contributed by atoms with Crippen LogP contribution in [0.1, 0.15) is 39.3 Å². The van der Waals surface area contributed by atoms with E-state index < -0.39 is 15.5 Å². The van der Waals surface area contributed by atoms with Gasteiger partial charge in [-0.1, -0.05) is 11.6 Å². The summed E-state index contributed by atoms with van der Waals surface area (Å²) in [6.45, 7) is 7.89. The van der Waals surface area contributed by atoms with E-state index in [2.05, 4.69) is 22.5 Å². The fourth-order valence-electron chi connectivity index (χ4n) is 4.32. The van der Waals surface area contributed by atoms with Gasteiger partial charge in [0.15, 0.2) is 5.82 Å². The highest BCUT2D eigenvalue weighted by atomic mass is 35.5. The minimum atomic E-state index is -1.40. The molecule has 8 nitrogen and oxygen atoms in total. The van der Waals surface area contributed by atoms with Crippen LogP contribution in [0.5, 0.6) is 0 Å². The molecular formula is C28H32ClN5O3S. The Balaban J connectivity index is 1.49. The number of carbonyl (C=O) groups excluding carboxylic acids is 1. The van der Waals surface area contributed by atoms with E-state index in [9.17, 15) is 9.00 Å². The molecule has 2 atom stereocenters. The molecule has 2 aliphatic rings. The quantitative estimate of drug-likeness (QED) is 0.409. The number of urea groups is 1. The second kappa shape index (κ2) is 11.0. The molecule has 2 aromatic carbocycles. The van der Waals surface area contributed by atoms with E-state index in [1.54, 1.807) is 24.3 Å². The lowest BCUT2D eigenvalue weighted by Crippen LogP contribution is -2.44. The molecule has 3 aromatic rings. The third kappa shape index (κ3) is 6.00. The van der Waals surface area contributed by atoms with Gasteiger partial charge in [-0.25, -0.2) is 14.8 Å². The number of morpholine rings is 1. The fraction of sp³-hybridized carbons (Fsp3) is 0.393. The summed E-state index contributed by atoms with van der Waals surface area (Å²) in [4.78, 5) is 24.8. The van der Waals surface area contributed by atoms with Gasteiger partial charge in [-0.2, -0.15) is 0 Å². The number of amides is 2. The molecule has 1 saturated carbocycles. The molecule has 2 fully saturated rings. The summed E-state index contributed by atoms with van der Waals surface area (Å²) in [5.41, 5.74) is 2.17. The third-order valence-electron chi connectivity index (χ3n) is 6.80. The number of carbonyl (C=O) groups is 1. The molecule has 5 rings (SSSR count). The summed E-state index contributed by atoms with van der Waals surface area (Å²) in [6.07, 6.45) is 2.06. The maximum Gasteiger partial charge on any atom is 0.319 e. The Morgan fingerprint density at radius 1 is 1.11 bits per heavy atom. The topological polar surface area (TPSA) is 96.5 Å². The minimum absolute atomic E-state index is 0.140. The second-order valence-corrected chi connectivity index (χ2v) is 12.7. The van der Waals surface area contributed by atoms with E-state index in [1.165, 1.54) is 0 Å². The van der Waals surface area contributed by atoms with Crippen LogP contribution in [0.4, 0.5) is 16.3 Å². The number of rotatable bonds is 7. The number of aromatic nitrogens is 2. The first-order chi connectivity index (χ1) is 18.2. The minimum Gasteiger partial charge on any atom is -0.377 e. The van der Waals surface area contributed by atoms with Crippen LogP contribution in [0.25, 0.3) is 11.4 Å². The van der Waals surface area contributed by atoms with Gasteiger partial charge in [-0.3, -0.25) is 4.21 Å². The predicted molar refractivity (Wildman–Crippen MR) is 151 cm³/mol. The maximum atomic E-state index is 13.7. The summed E-state index contributed by atoms with van der Waals surface area (Å²) >= 11 is 6.06. The maximum absolute atomic E-state index is 13.7. The molecule has 0 radical (unpaired) electrons. The van der Waals surface area contributed by atoms with E-state index >= 15 is 0 Å². The molecule has 1 aromatic heterocycles. The van der Waals surface area contributed by atoms with Gasteiger partial charge in [0.2, 0.25) is 0 Å². The molecule has 2 N–H and O–H groups in total. The largest absolute Gasteiger partial charge is 0.377 e. The number of nitrogens with one attached hydrogen (secondary N) is 2. The Kier molecular flexibility index (Phi) is 7.70. The molecule has 1 saturated heterocycles. The molecule has 0 bridgehead atoms. The van der Waals surface area contributed by atoms with Crippen molar-refractivity contribution in [2.75, 3.05) is 30.0 Å². The zero-order valence-electron chi connectivity index (χ0n) is 21.7. The average molecular weight is 554 g/mol. The van der Waals surface area contributed by atoms with Crippen LogP contribution in [0.15, 0.2) is 59.5 Å². The standard InChI is InChI=1S/C28H32ClN5O3S/c1-18-17-37-15-14-34(18)25-16-24(28(2,3)38(36)23-12-6-20(29)7-13-23)32-26(33-25)19-4-8-21(9-5-19)30-27(35)31-22-10-11-22/h4-9,12-13,16,18,22H,10-11,14-15,17H2,1-3H3,(H2,30,31,35)/t18-,38?/m0/s1. The third-order valence-corrected chi connectivity index (χ3v) is 8.88. The summed E-state index contributed by atoms with van der Waals surface area (Å²) < 4.78 is 18.6. The second-order valence-electron chi connectivity index (χ2n) is 10.2. The number of anilines is 2. The van der Waals surface area contributed by atoms with E-state index in [4.69, 9.17) is 26.3 Å². The molecule has 1 aliphatic carbocycles. The van der Waals surface area contributed by atoms with Gasteiger partial charge < -0.3 is 20.3 Å². The number of benzene rings is 2. The molecular weight excluding hydrogens is 522 g/mol. The van der Waals surface area contributed by atoms with Crippen LogP contribution in [0.2, 0.25) is 5.02 Å². The first kappa shape index (κ1) is 26.6. The Morgan fingerprint density at radius 3 is 2.47 bits per heavy atom. The molecule has 2 heterocycles.